The number of carbonyl (C=O) groups is 3. The Morgan fingerprint density at radius 2 is 0.415 bits per heavy atom. The number of hydrogen-bond donors (Lipinski definition) is 0. The molecule has 94 heavy (non-hydrogen) atoms. The van der Waals surface area contributed by atoms with E-state index >= 15 is 0 Å². The van der Waals surface area contributed by atoms with Crippen molar-refractivity contribution in [3.63, 3.8) is 0 Å². The maximum Gasteiger partial charge on any atom is 0.338 e. The van der Waals surface area contributed by atoms with Crippen LogP contribution in [0.4, 0.5) is 0 Å². The Labute approximate surface area is 573 Å². The standard InChI is InChI=1S/C81H135NO12/c1-7-13-19-25-31-37-43-58-86-73-52-49-70(67-76(73)89-61-46-40-34-28-22-16-10-4)79(83)92-64-55-82(56-65-93-80(84)71-50-53-74(87-59-44-38-32-26-20-14-8-2)77(68-71)90-62-47-41-35-29-23-17-11-5)57-66-94-81(85)72-51-54-75(88-60-45-39-33-27-21-15-9-3)78(69-72)91-63-48-42-36-30-24-18-12-6/h49-54,67-69H,7-48,55-66H2,1-6H3. The average molecular weight is 1310 g/mol. The van der Waals surface area contributed by atoms with Crippen LogP contribution in [0.1, 0.15) is 342 Å². The molecule has 0 unspecified atom stereocenters. The van der Waals surface area contributed by atoms with Crippen molar-refractivity contribution < 1.29 is 57.0 Å². The first-order valence-corrected chi connectivity index (χ1v) is 38.7. The SMILES string of the molecule is CCCCCCCCCOc1ccc(C(=O)OCCN(CCOC(=O)c2ccc(OCCCCCCCCC)c(OCCCCCCCCC)c2)CCOC(=O)c2ccc(OCCCCCCCCC)c(OCCCCCCCCC)c2)cc1OCCCCCCCCC. The zero-order valence-corrected chi connectivity index (χ0v) is 60.7. The van der Waals surface area contributed by atoms with Gasteiger partial charge in [-0.1, -0.05) is 273 Å². The molecule has 0 fully saturated rings. The van der Waals surface area contributed by atoms with Gasteiger partial charge in [-0.15, -0.1) is 0 Å². The van der Waals surface area contributed by atoms with E-state index in [2.05, 4.69) is 41.5 Å². The highest BCUT2D eigenvalue weighted by atomic mass is 16.6. The van der Waals surface area contributed by atoms with Crippen molar-refractivity contribution in [2.75, 3.05) is 79.1 Å². The molecule has 0 bridgehead atoms. The third-order valence-corrected chi connectivity index (χ3v) is 17.5. The highest BCUT2D eigenvalue weighted by Crippen LogP contribution is 2.33. The van der Waals surface area contributed by atoms with Gasteiger partial charge in [-0.2, -0.15) is 0 Å². The first-order valence-electron chi connectivity index (χ1n) is 38.7. The molecule has 0 N–H and O–H groups in total. The van der Waals surface area contributed by atoms with Gasteiger partial charge in [-0.3, -0.25) is 4.90 Å². The van der Waals surface area contributed by atoms with Gasteiger partial charge in [0.15, 0.2) is 34.5 Å². The molecule has 3 rings (SSSR count). The normalized spacial score (nSPS) is 11.3. The largest absolute Gasteiger partial charge is 0.490 e. The number of esters is 3. The molecule has 0 spiro atoms. The third kappa shape index (κ3) is 41.7. The number of carbonyl (C=O) groups excluding carboxylic acids is 3. The van der Waals surface area contributed by atoms with E-state index in [4.69, 9.17) is 42.6 Å². The van der Waals surface area contributed by atoms with Crippen LogP contribution in [0.3, 0.4) is 0 Å². The summed E-state index contributed by atoms with van der Waals surface area (Å²) in [4.78, 5) is 43.6. The van der Waals surface area contributed by atoms with Gasteiger partial charge in [-0.05, 0) is 93.1 Å². The van der Waals surface area contributed by atoms with E-state index in [1.54, 1.807) is 36.4 Å². The van der Waals surface area contributed by atoms with Gasteiger partial charge in [0.1, 0.15) is 19.8 Å². The summed E-state index contributed by atoms with van der Waals surface area (Å²) in [7, 11) is 0. The molecular formula is C81H135NO12. The molecule has 3 aromatic rings. The minimum Gasteiger partial charge on any atom is -0.490 e. The summed E-state index contributed by atoms with van der Waals surface area (Å²) in [6.45, 7) is 17.7. The van der Waals surface area contributed by atoms with Crippen molar-refractivity contribution in [3.05, 3.63) is 71.3 Å². The summed E-state index contributed by atoms with van der Waals surface area (Å²) in [6, 6.07) is 15.9. The topological polar surface area (TPSA) is 138 Å². The molecule has 0 aliphatic carbocycles. The Hall–Kier alpha value is -5.17. The van der Waals surface area contributed by atoms with Crippen molar-refractivity contribution in [2.24, 2.45) is 0 Å². The van der Waals surface area contributed by atoms with Gasteiger partial charge in [-0.25, -0.2) is 14.4 Å². The van der Waals surface area contributed by atoms with E-state index in [1.165, 1.54) is 193 Å². The lowest BCUT2D eigenvalue weighted by Gasteiger charge is -2.22. The van der Waals surface area contributed by atoms with Gasteiger partial charge < -0.3 is 42.6 Å². The van der Waals surface area contributed by atoms with Crippen molar-refractivity contribution in [1.82, 2.24) is 4.90 Å². The highest BCUT2D eigenvalue weighted by molar-refractivity contribution is 5.91. The minimum absolute atomic E-state index is 0.0327. The van der Waals surface area contributed by atoms with Crippen molar-refractivity contribution in [2.45, 2.75) is 311 Å². The Morgan fingerprint density at radius 3 is 0.617 bits per heavy atom. The summed E-state index contributed by atoms with van der Waals surface area (Å²) >= 11 is 0. The minimum atomic E-state index is -0.489. The van der Waals surface area contributed by atoms with E-state index in [0.717, 1.165) is 77.0 Å². The van der Waals surface area contributed by atoms with Gasteiger partial charge in [0.2, 0.25) is 0 Å². The van der Waals surface area contributed by atoms with Crippen LogP contribution in [0.15, 0.2) is 54.6 Å². The Kier molecular flexibility index (Phi) is 52.2. The monoisotopic (exact) mass is 1310 g/mol. The smallest absolute Gasteiger partial charge is 0.338 e. The lowest BCUT2D eigenvalue weighted by molar-refractivity contribution is 0.0330. The summed E-state index contributed by atoms with van der Waals surface area (Å²) in [5, 5.41) is 0. The van der Waals surface area contributed by atoms with Crippen molar-refractivity contribution in [3.8, 4) is 34.5 Å². The first-order chi connectivity index (χ1) is 46.3. The third-order valence-electron chi connectivity index (χ3n) is 17.5. The second kappa shape index (κ2) is 59.1. The van der Waals surface area contributed by atoms with Crippen LogP contribution in [0.25, 0.3) is 0 Å². The molecule has 13 heteroatoms. The maximum atomic E-state index is 13.9. The molecular weight excluding hydrogens is 1180 g/mol. The van der Waals surface area contributed by atoms with Crippen LogP contribution in [0.2, 0.25) is 0 Å². The van der Waals surface area contributed by atoms with Crippen molar-refractivity contribution >= 4 is 17.9 Å². The predicted molar refractivity (Wildman–Crippen MR) is 388 cm³/mol. The average Bonchev–Trinajstić information content (AvgIpc) is 1.01. The zero-order valence-electron chi connectivity index (χ0n) is 60.7. The number of hydrogen-bond acceptors (Lipinski definition) is 13. The predicted octanol–water partition coefficient (Wildman–Crippen LogP) is 22.6. The molecule has 0 atom stereocenters. The lowest BCUT2D eigenvalue weighted by atomic mass is 10.1. The second-order valence-corrected chi connectivity index (χ2v) is 26.1. The fourth-order valence-electron chi connectivity index (χ4n) is 11.4. The lowest BCUT2D eigenvalue weighted by Crippen LogP contribution is -2.35. The molecule has 0 aliphatic rings. The molecule has 0 aliphatic heterocycles. The summed E-state index contributed by atoms with van der Waals surface area (Å²) in [5.74, 6) is 2.06. The first kappa shape index (κ1) is 83.1. The van der Waals surface area contributed by atoms with E-state index in [0.29, 0.717) is 90.8 Å². The fourth-order valence-corrected chi connectivity index (χ4v) is 11.4. The molecule has 13 nitrogen and oxygen atoms in total. The van der Waals surface area contributed by atoms with Gasteiger partial charge in [0.05, 0.1) is 56.3 Å². The fraction of sp³-hybridized carbons (Fsp3) is 0.741. The molecule has 0 amide bonds. The number of unbranched alkanes of at least 4 members (excludes halogenated alkanes) is 36. The van der Waals surface area contributed by atoms with Crippen LogP contribution in [-0.4, -0.2) is 102 Å². The molecule has 0 heterocycles. The Bertz CT molecular complexity index is 2060. The van der Waals surface area contributed by atoms with Crippen LogP contribution >= 0.6 is 0 Å². The summed E-state index contributed by atoms with van der Waals surface area (Å²) < 4.78 is 55.7. The van der Waals surface area contributed by atoms with Crippen LogP contribution in [-0.2, 0) is 14.2 Å². The van der Waals surface area contributed by atoms with Crippen molar-refractivity contribution in [1.29, 1.82) is 0 Å². The van der Waals surface area contributed by atoms with Gasteiger partial charge in [0.25, 0.3) is 0 Å². The van der Waals surface area contributed by atoms with E-state index in [-0.39, 0.29) is 39.5 Å². The number of benzene rings is 3. The molecule has 3 aromatic carbocycles. The second-order valence-electron chi connectivity index (χ2n) is 26.1. The zero-order chi connectivity index (χ0) is 67.4. The Morgan fingerprint density at radius 1 is 0.234 bits per heavy atom. The molecule has 0 saturated carbocycles. The van der Waals surface area contributed by atoms with Crippen LogP contribution < -0.4 is 28.4 Å². The molecule has 0 aromatic heterocycles. The van der Waals surface area contributed by atoms with Gasteiger partial charge >= 0.3 is 17.9 Å². The molecule has 536 valence electrons. The van der Waals surface area contributed by atoms with Crippen LogP contribution in [0, 0.1) is 0 Å². The number of rotatable bonds is 66. The summed E-state index contributed by atoms with van der Waals surface area (Å²) in [5.41, 5.74) is 1.10. The number of nitrogens with zero attached hydrogens (tertiary/aromatic N) is 1. The van der Waals surface area contributed by atoms with E-state index < -0.39 is 17.9 Å². The molecule has 0 radical (unpaired) electrons. The number of ether oxygens (including phenoxy) is 9. The maximum absolute atomic E-state index is 13.9. The Balaban J connectivity index is 1.78. The quantitative estimate of drug-likeness (QED) is 0.0301. The summed E-state index contributed by atoms with van der Waals surface area (Å²) in [6.07, 6.45) is 49.4. The van der Waals surface area contributed by atoms with E-state index in [1.807, 2.05) is 23.1 Å². The van der Waals surface area contributed by atoms with E-state index in [9.17, 15) is 14.4 Å². The highest BCUT2D eigenvalue weighted by Gasteiger charge is 2.19. The molecule has 0 saturated heterocycles. The van der Waals surface area contributed by atoms with Gasteiger partial charge in [0, 0.05) is 19.6 Å². The van der Waals surface area contributed by atoms with Crippen LogP contribution in [0.5, 0.6) is 34.5 Å².